The number of aryl methyl sites for hydroxylation is 2. The highest BCUT2D eigenvalue weighted by atomic mass is 32.2. The van der Waals surface area contributed by atoms with Crippen molar-refractivity contribution in [2.24, 2.45) is 0 Å². The molecule has 0 radical (unpaired) electrons. The minimum Gasteiger partial charge on any atom is -0.355 e. The smallest absolute Gasteiger partial charge is 0.234 e. The first kappa shape index (κ1) is 22.6. The number of likely N-dealkylation sites (tertiary alicyclic amines) is 1. The molecule has 1 aliphatic heterocycles. The number of carbonyl (C=O) groups is 2. The van der Waals surface area contributed by atoms with Crippen LogP contribution in [-0.2, 0) is 16.0 Å². The molecule has 1 aliphatic rings. The fourth-order valence-electron chi connectivity index (χ4n) is 3.46. The van der Waals surface area contributed by atoms with E-state index in [1.165, 1.54) is 11.8 Å². The lowest BCUT2D eigenvalue weighted by molar-refractivity contribution is -0.124. The van der Waals surface area contributed by atoms with Crippen LogP contribution in [0.1, 0.15) is 49.6 Å². The van der Waals surface area contributed by atoms with Gasteiger partial charge in [-0.3, -0.25) is 14.5 Å². The molecule has 1 fully saturated rings. The molecule has 28 heavy (non-hydrogen) atoms. The molecule has 0 spiro atoms. The third kappa shape index (κ3) is 7.05. The van der Waals surface area contributed by atoms with Crippen LogP contribution in [0.25, 0.3) is 0 Å². The van der Waals surface area contributed by atoms with E-state index in [9.17, 15) is 9.59 Å². The van der Waals surface area contributed by atoms with Gasteiger partial charge in [0.05, 0.1) is 6.54 Å². The summed E-state index contributed by atoms with van der Waals surface area (Å²) in [6.07, 6.45) is 5.79. The van der Waals surface area contributed by atoms with Gasteiger partial charge in [0, 0.05) is 43.5 Å². The number of amides is 2. The lowest BCUT2D eigenvalue weighted by Gasteiger charge is -2.31. The molecule has 2 amide bonds. The SMILES string of the molecule is CCCNC(=O)CN1CCC(NC(=O)CCc2c(C)nc(SC)nc2C)CC1. The highest BCUT2D eigenvalue weighted by Gasteiger charge is 2.22. The van der Waals surface area contributed by atoms with E-state index < -0.39 is 0 Å². The Hall–Kier alpha value is -1.67. The number of aromatic nitrogens is 2. The van der Waals surface area contributed by atoms with E-state index in [2.05, 4.69) is 25.5 Å². The van der Waals surface area contributed by atoms with Crippen molar-refractivity contribution in [2.45, 2.75) is 64.1 Å². The van der Waals surface area contributed by atoms with Gasteiger partial charge in [-0.1, -0.05) is 18.7 Å². The second-order valence-corrected chi connectivity index (χ2v) is 8.10. The largest absolute Gasteiger partial charge is 0.355 e. The molecule has 7 nitrogen and oxygen atoms in total. The van der Waals surface area contributed by atoms with Crippen molar-refractivity contribution in [3.8, 4) is 0 Å². The van der Waals surface area contributed by atoms with Crippen molar-refractivity contribution in [2.75, 3.05) is 32.4 Å². The van der Waals surface area contributed by atoms with Gasteiger partial charge in [-0.15, -0.1) is 0 Å². The summed E-state index contributed by atoms with van der Waals surface area (Å²) >= 11 is 1.53. The van der Waals surface area contributed by atoms with E-state index in [0.29, 0.717) is 19.4 Å². The van der Waals surface area contributed by atoms with Gasteiger partial charge in [0.25, 0.3) is 0 Å². The highest BCUT2D eigenvalue weighted by Crippen LogP contribution is 2.17. The van der Waals surface area contributed by atoms with Crippen LogP contribution in [0.2, 0.25) is 0 Å². The van der Waals surface area contributed by atoms with Crippen LogP contribution in [0, 0.1) is 13.8 Å². The van der Waals surface area contributed by atoms with Gasteiger partial charge >= 0.3 is 0 Å². The molecule has 2 N–H and O–H groups in total. The number of nitrogens with one attached hydrogen (secondary N) is 2. The standard InChI is InChI=1S/C20H33N5O2S/c1-5-10-21-19(27)13-25-11-8-16(9-12-25)24-18(26)7-6-17-14(2)22-20(28-4)23-15(17)3/h16H,5-13H2,1-4H3,(H,21,27)(H,24,26). The molecule has 1 saturated heterocycles. The monoisotopic (exact) mass is 407 g/mol. The van der Waals surface area contributed by atoms with Gasteiger partial charge in [0.15, 0.2) is 5.16 Å². The average molecular weight is 408 g/mol. The fourth-order valence-corrected chi connectivity index (χ4v) is 3.92. The summed E-state index contributed by atoms with van der Waals surface area (Å²) in [5, 5.41) is 6.83. The maximum Gasteiger partial charge on any atom is 0.234 e. The third-order valence-corrected chi connectivity index (χ3v) is 5.62. The van der Waals surface area contributed by atoms with E-state index in [4.69, 9.17) is 0 Å². The first-order valence-corrected chi connectivity index (χ1v) is 11.3. The Morgan fingerprint density at radius 1 is 1.14 bits per heavy atom. The molecule has 0 bridgehead atoms. The number of rotatable bonds is 9. The molecule has 0 unspecified atom stereocenters. The van der Waals surface area contributed by atoms with Crippen LogP contribution < -0.4 is 10.6 Å². The van der Waals surface area contributed by atoms with Gasteiger partial charge in [-0.05, 0) is 51.3 Å². The van der Waals surface area contributed by atoms with Gasteiger partial charge in [-0.2, -0.15) is 0 Å². The van der Waals surface area contributed by atoms with Crippen molar-refractivity contribution in [3.05, 3.63) is 17.0 Å². The summed E-state index contributed by atoms with van der Waals surface area (Å²) in [6.45, 7) is 8.87. The van der Waals surface area contributed by atoms with Gasteiger partial charge < -0.3 is 10.6 Å². The number of carbonyl (C=O) groups excluding carboxylic acids is 2. The van der Waals surface area contributed by atoms with Crippen molar-refractivity contribution >= 4 is 23.6 Å². The van der Waals surface area contributed by atoms with Crippen molar-refractivity contribution in [1.29, 1.82) is 0 Å². The Kier molecular flexibility index (Phi) is 9.18. The van der Waals surface area contributed by atoms with Crippen LogP contribution in [0.15, 0.2) is 5.16 Å². The van der Waals surface area contributed by atoms with E-state index in [-0.39, 0.29) is 17.9 Å². The summed E-state index contributed by atoms with van der Waals surface area (Å²) in [4.78, 5) is 35.3. The Bertz CT molecular complexity index is 652. The minimum absolute atomic E-state index is 0.0758. The fraction of sp³-hybridized carbons (Fsp3) is 0.700. The number of nitrogens with zero attached hydrogens (tertiary/aromatic N) is 3. The number of piperidine rings is 1. The zero-order valence-corrected chi connectivity index (χ0v) is 18.3. The predicted octanol–water partition coefficient (Wildman–Crippen LogP) is 1.85. The Labute approximate surface area is 172 Å². The van der Waals surface area contributed by atoms with E-state index >= 15 is 0 Å². The number of hydrogen-bond acceptors (Lipinski definition) is 6. The molecule has 1 aromatic rings. The molecule has 2 heterocycles. The lowest BCUT2D eigenvalue weighted by Crippen LogP contribution is -2.47. The van der Waals surface area contributed by atoms with Crippen molar-refractivity contribution < 1.29 is 9.59 Å². The quantitative estimate of drug-likeness (QED) is 0.480. The van der Waals surface area contributed by atoms with Crippen LogP contribution in [0.4, 0.5) is 0 Å². The normalized spacial score (nSPS) is 15.4. The van der Waals surface area contributed by atoms with Gasteiger partial charge in [-0.25, -0.2) is 9.97 Å². The molecule has 0 aromatic carbocycles. The van der Waals surface area contributed by atoms with Crippen molar-refractivity contribution in [3.63, 3.8) is 0 Å². The maximum absolute atomic E-state index is 12.4. The third-order valence-electron chi connectivity index (χ3n) is 5.08. The molecule has 1 aromatic heterocycles. The molecular weight excluding hydrogens is 374 g/mol. The molecule has 8 heteroatoms. The molecular formula is C20H33N5O2S. The van der Waals surface area contributed by atoms with E-state index in [1.807, 2.05) is 27.0 Å². The molecule has 0 aliphatic carbocycles. The van der Waals surface area contributed by atoms with Crippen LogP contribution >= 0.6 is 11.8 Å². The first-order chi connectivity index (χ1) is 13.4. The Balaban J connectivity index is 1.73. The predicted molar refractivity (Wildman–Crippen MR) is 113 cm³/mol. The summed E-state index contributed by atoms with van der Waals surface area (Å²) in [5.74, 6) is 0.164. The van der Waals surface area contributed by atoms with Crippen molar-refractivity contribution in [1.82, 2.24) is 25.5 Å². The molecule has 156 valence electrons. The maximum atomic E-state index is 12.4. The molecule has 0 saturated carbocycles. The topological polar surface area (TPSA) is 87.2 Å². The summed E-state index contributed by atoms with van der Waals surface area (Å²) in [6, 6.07) is 0.194. The molecule has 0 atom stereocenters. The average Bonchev–Trinajstić information content (AvgIpc) is 2.67. The zero-order chi connectivity index (χ0) is 20.5. The van der Waals surface area contributed by atoms with Crippen LogP contribution in [-0.4, -0.2) is 65.2 Å². The Morgan fingerprint density at radius 3 is 2.36 bits per heavy atom. The summed E-state index contributed by atoms with van der Waals surface area (Å²) in [7, 11) is 0. The van der Waals surface area contributed by atoms with Crippen LogP contribution in [0.5, 0.6) is 0 Å². The first-order valence-electron chi connectivity index (χ1n) is 10.1. The second-order valence-electron chi connectivity index (χ2n) is 7.33. The van der Waals surface area contributed by atoms with Gasteiger partial charge in [0.2, 0.25) is 11.8 Å². The second kappa shape index (κ2) is 11.4. The zero-order valence-electron chi connectivity index (χ0n) is 17.5. The number of thioether (sulfide) groups is 1. The lowest BCUT2D eigenvalue weighted by atomic mass is 10.0. The summed E-state index contributed by atoms with van der Waals surface area (Å²) in [5.41, 5.74) is 2.99. The number of hydrogen-bond donors (Lipinski definition) is 2. The molecule has 2 rings (SSSR count). The Morgan fingerprint density at radius 2 is 1.79 bits per heavy atom. The summed E-state index contributed by atoms with van der Waals surface area (Å²) < 4.78 is 0. The van der Waals surface area contributed by atoms with E-state index in [1.54, 1.807) is 0 Å². The van der Waals surface area contributed by atoms with Gasteiger partial charge in [0.1, 0.15) is 0 Å². The van der Waals surface area contributed by atoms with E-state index in [0.717, 1.165) is 61.0 Å². The van der Waals surface area contributed by atoms with Crippen LogP contribution in [0.3, 0.4) is 0 Å². The minimum atomic E-state index is 0.0758. The highest BCUT2D eigenvalue weighted by molar-refractivity contribution is 7.98.